The predicted octanol–water partition coefficient (Wildman–Crippen LogP) is 1.00. The molecule has 1 unspecified atom stereocenters. The minimum absolute atomic E-state index is 0.0572. The molecule has 2 N–H and O–H groups in total. The molecular formula is C10H16O3. The third-order valence-corrected chi connectivity index (χ3v) is 1.24. The molecule has 1 atom stereocenters. The highest BCUT2D eigenvalue weighted by atomic mass is 16.5. The number of aliphatic hydroxyl groups is 2. The maximum absolute atomic E-state index is 8.98. The highest BCUT2D eigenvalue weighted by Crippen LogP contribution is 2.03. The van der Waals surface area contributed by atoms with E-state index in [1.54, 1.807) is 6.08 Å². The number of aliphatic hydroxyl groups excluding tert-OH is 2. The Balaban J connectivity index is 3.99. The van der Waals surface area contributed by atoms with Crippen LogP contribution in [0.2, 0.25) is 0 Å². The molecular weight excluding hydrogens is 168 g/mol. The molecule has 0 bridgehead atoms. The Bertz CT molecular complexity index is 206. The summed E-state index contributed by atoms with van der Waals surface area (Å²) in [4.78, 5) is 0. The molecule has 0 amide bonds. The molecule has 0 fully saturated rings. The summed E-state index contributed by atoms with van der Waals surface area (Å²) in [7, 11) is 0. The largest absolute Gasteiger partial charge is 0.491 e. The quantitative estimate of drug-likeness (QED) is 0.478. The number of ether oxygens (including phenoxy) is 1. The minimum Gasteiger partial charge on any atom is -0.491 e. The molecule has 0 aromatic rings. The van der Waals surface area contributed by atoms with Crippen molar-refractivity contribution in [1.82, 2.24) is 0 Å². The molecule has 0 aromatic heterocycles. The molecule has 0 aliphatic heterocycles. The average molecular weight is 184 g/mol. The van der Waals surface area contributed by atoms with Gasteiger partial charge in [0, 0.05) is 0 Å². The molecule has 0 saturated heterocycles. The first-order valence-corrected chi connectivity index (χ1v) is 4.01. The van der Waals surface area contributed by atoms with Gasteiger partial charge in [-0.3, -0.25) is 0 Å². The lowest BCUT2D eigenvalue weighted by Crippen LogP contribution is -2.18. The lowest BCUT2D eigenvalue weighted by Gasteiger charge is -2.10. The van der Waals surface area contributed by atoms with Crippen molar-refractivity contribution in [3.8, 4) is 0 Å². The van der Waals surface area contributed by atoms with E-state index in [0.29, 0.717) is 5.76 Å². The summed E-state index contributed by atoms with van der Waals surface area (Å²) in [5.41, 5.74) is 0.841. The number of rotatable bonds is 6. The van der Waals surface area contributed by atoms with E-state index in [4.69, 9.17) is 14.9 Å². The van der Waals surface area contributed by atoms with Crippen LogP contribution in [0, 0.1) is 0 Å². The molecule has 13 heavy (non-hydrogen) atoms. The zero-order valence-electron chi connectivity index (χ0n) is 7.86. The maximum Gasteiger partial charge on any atom is 0.119 e. The van der Waals surface area contributed by atoms with Gasteiger partial charge in [-0.1, -0.05) is 18.7 Å². The third-order valence-electron chi connectivity index (χ3n) is 1.24. The van der Waals surface area contributed by atoms with Crippen molar-refractivity contribution in [2.75, 3.05) is 13.2 Å². The van der Waals surface area contributed by atoms with Crippen LogP contribution in [0.1, 0.15) is 6.92 Å². The van der Waals surface area contributed by atoms with E-state index in [2.05, 4.69) is 13.2 Å². The summed E-state index contributed by atoms with van der Waals surface area (Å²) in [6, 6.07) is 0. The Morgan fingerprint density at radius 2 is 2.23 bits per heavy atom. The second-order valence-electron chi connectivity index (χ2n) is 2.74. The normalized spacial score (nSPS) is 13.6. The highest BCUT2D eigenvalue weighted by Gasteiger charge is 2.02. The van der Waals surface area contributed by atoms with Gasteiger partial charge in [-0.25, -0.2) is 0 Å². The van der Waals surface area contributed by atoms with Crippen LogP contribution in [0.25, 0.3) is 0 Å². The number of allylic oxidation sites excluding steroid dienone is 3. The lowest BCUT2D eigenvalue weighted by atomic mass is 10.3. The van der Waals surface area contributed by atoms with E-state index >= 15 is 0 Å². The Morgan fingerprint density at radius 3 is 2.62 bits per heavy atom. The molecule has 0 spiro atoms. The van der Waals surface area contributed by atoms with Crippen molar-refractivity contribution in [2.45, 2.75) is 13.0 Å². The third kappa shape index (κ3) is 6.13. The van der Waals surface area contributed by atoms with Crippen LogP contribution in [0.5, 0.6) is 0 Å². The summed E-state index contributed by atoms with van der Waals surface area (Å²) in [5, 5.41) is 17.5. The fraction of sp³-hybridized carbons (Fsp3) is 0.400. The Kier molecular flexibility index (Phi) is 5.93. The van der Waals surface area contributed by atoms with Crippen LogP contribution in [-0.2, 0) is 4.74 Å². The molecule has 0 rings (SSSR count). The number of hydrogen-bond donors (Lipinski definition) is 2. The summed E-state index contributed by atoms with van der Waals surface area (Å²) in [6.45, 7) is 8.79. The van der Waals surface area contributed by atoms with Crippen molar-refractivity contribution in [2.24, 2.45) is 0 Å². The van der Waals surface area contributed by atoms with Crippen molar-refractivity contribution in [1.29, 1.82) is 0 Å². The smallest absolute Gasteiger partial charge is 0.119 e. The van der Waals surface area contributed by atoms with Crippen molar-refractivity contribution in [3.05, 3.63) is 36.6 Å². The SMILES string of the molecule is C=C/C(=C\C(=C)C)OCC(O)CO. The molecule has 0 aromatic carbocycles. The van der Waals surface area contributed by atoms with Gasteiger partial charge < -0.3 is 14.9 Å². The fourth-order valence-electron chi connectivity index (χ4n) is 0.647. The second kappa shape index (κ2) is 6.46. The van der Waals surface area contributed by atoms with Gasteiger partial charge in [-0.2, -0.15) is 0 Å². The van der Waals surface area contributed by atoms with Crippen LogP contribution in [0.3, 0.4) is 0 Å². The van der Waals surface area contributed by atoms with Gasteiger partial charge in [-0.15, -0.1) is 0 Å². The molecule has 0 heterocycles. The predicted molar refractivity (Wildman–Crippen MR) is 52.1 cm³/mol. The van der Waals surface area contributed by atoms with E-state index in [1.807, 2.05) is 6.92 Å². The van der Waals surface area contributed by atoms with Crippen molar-refractivity contribution < 1.29 is 14.9 Å². The zero-order valence-corrected chi connectivity index (χ0v) is 7.86. The molecule has 3 nitrogen and oxygen atoms in total. The Hall–Kier alpha value is -1.06. The van der Waals surface area contributed by atoms with E-state index in [1.165, 1.54) is 6.08 Å². The summed E-state index contributed by atoms with van der Waals surface area (Å²) >= 11 is 0. The van der Waals surface area contributed by atoms with Crippen molar-refractivity contribution >= 4 is 0 Å². The van der Waals surface area contributed by atoms with Gasteiger partial charge in [-0.05, 0) is 19.1 Å². The molecule has 0 aliphatic carbocycles. The lowest BCUT2D eigenvalue weighted by molar-refractivity contribution is 0.0329. The van der Waals surface area contributed by atoms with Crippen LogP contribution in [-0.4, -0.2) is 29.5 Å². The van der Waals surface area contributed by atoms with Crippen LogP contribution < -0.4 is 0 Å². The van der Waals surface area contributed by atoms with Crippen molar-refractivity contribution in [3.63, 3.8) is 0 Å². The van der Waals surface area contributed by atoms with Gasteiger partial charge in [0.1, 0.15) is 18.5 Å². The first-order chi connectivity index (χ1) is 6.10. The van der Waals surface area contributed by atoms with Gasteiger partial charge in [0.15, 0.2) is 0 Å². The molecule has 0 aliphatic rings. The summed E-state index contributed by atoms with van der Waals surface area (Å²) in [6.07, 6.45) is 2.38. The first kappa shape index (κ1) is 11.9. The minimum atomic E-state index is -0.853. The van der Waals surface area contributed by atoms with E-state index in [0.717, 1.165) is 5.57 Å². The van der Waals surface area contributed by atoms with Gasteiger partial charge in [0.25, 0.3) is 0 Å². The summed E-state index contributed by atoms with van der Waals surface area (Å²) < 4.78 is 5.13. The standard InChI is InChI=1S/C10H16O3/c1-4-10(5-8(2)3)13-7-9(12)6-11/h4-5,9,11-12H,1-2,6-7H2,3H3/b10-5+. The van der Waals surface area contributed by atoms with Gasteiger partial charge in [0.05, 0.1) is 6.61 Å². The van der Waals surface area contributed by atoms with E-state index < -0.39 is 6.10 Å². The Morgan fingerprint density at radius 1 is 1.62 bits per heavy atom. The highest BCUT2D eigenvalue weighted by molar-refractivity contribution is 5.21. The summed E-state index contributed by atoms with van der Waals surface area (Å²) in [5.74, 6) is 0.542. The Labute approximate surface area is 78.7 Å². The maximum atomic E-state index is 8.98. The fourth-order valence-corrected chi connectivity index (χ4v) is 0.647. The average Bonchev–Trinajstić information content (AvgIpc) is 2.10. The molecule has 0 radical (unpaired) electrons. The van der Waals surface area contributed by atoms with Crippen LogP contribution >= 0.6 is 0 Å². The van der Waals surface area contributed by atoms with E-state index in [9.17, 15) is 0 Å². The second-order valence-corrected chi connectivity index (χ2v) is 2.74. The zero-order chi connectivity index (χ0) is 10.3. The van der Waals surface area contributed by atoms with E-state index in [-0.39, 0.29) is 13.2 Å². The molecule has 3 heteroatoms. The van der Waals surface area contributed by atoms with Gasteiger partial charge in [0.2, 0.25) is 0 Å². The van der Waals surface area contributed by atoms with Crippen LogP contribution in [0.15, 0.2) is 36.6 Å². The number of hydrogen-bond acceptors (Lipinski definition) is 3. The monoisotopic (exact) mass is 184 g/mol. The van der Waals surface area contributed by atoms with Gasteiger partial charge >= 0.3 is 0 Å². The van der Waals surface area contributed by atoms with Crippen LogP contribution in [0.4, 0.5) is 0 Å². The first-order valence-electron chi connectivity index (χ1n) is 4.01. The topological polar surface area (TPSA) is 49.7 Å². The molecule has 74 valence electrons. The molecule has 0 saturated carbocycles.